The Morgan fingerprint density at radius 3 is 2.62 bits per heavy atom. The first-order valence-corrected chi connectivity index (χ1v) is 8.94. The molecule has 0 unspecified atom stereocenters. The van der Waals surface area contributed by atoms with Gasteiger partial charge in [0.15, 0.2) is 5.82 Å². The van der Waals surface area contributed by atoms with E-state index in [1.54, 1.807) is 0 Å². The van der Waals surface area contributed by atoms with Crippen LogP contribution in [0.15, 0.2) is 30.3 Å². The van der Waals surface area contributed by atoms with Gasteiger partial charge in [-0.25, -0.2) is 0 Å². The van der Waals surface area contributed by atoms with Crippen LogP contribution in [0.2, 0.25) is 0 Å². The fourth-order valence-electron chi connectivity index (χ4n) is 3.65. The minimum absolute atomic E-state index is 0. The number of carbonyl (C=O) groups excluding carboxylic acids is 1. The summed E-state index contributed by atoms with van der Waals surface area (Å²) in [5.41, 5.74) is 7.30. The molecule has 0 aliphatic carbocycles. The normalized spacial score (nSPS) is 17.6. The van der Waals surface area contributed by atoms with Crippen molar-refractivity contribution in [2.75, 3.05) is 6.54 Å². The number of rotatable bonds is 5. The number of carbonyl (C=O) groups is 1. The molecule has 2 heterocycles. The number of hydrogen-bond acceptors (Lipinski definition) is 4. The lowest BCUT2D eigenvalue weighted by molar-refractivity contribution is -0.134. The smallest absolute Gasteiger partial charge is 0.240 e. The number of amides is 1. The van der Waals surface area contributed by atoms with Crippen LogP contribution in [-0.2, 0) is 17.8 Å². The summed E-state index contributed by atoms with van der Waals surface area (Å²) in [6, 6.07) is 9.60. The largest absolute Gasteiger partial charge is 0.332 e. The lowest BCUT2D eigenvalue weighted by atomic mass is 10.00. The Bertz CT molecular complexity index is 731. The van der Waals surface area contributed by atoms with Crippen LogP contribution < -0.4 is 5.73 Å². The number of fused-ring (bicyclic) bond motifs is 1. The highest BCUT2D eigenvalue weighted by Gasteiger charge is 2.32. The van der Waals surface area contributed by atoms with Gasteiger partial charge in [0.2, 0.25) is 5.91 Å². The van der Waals surface area contributed by atoms with Gasteiger partial charge in [-0.2, -0.15) is 0 Å². The van der Waals surface area contributed by atoms with Gasteiger partial charge in [-0.15, -0.1) is 22.6 Å². The van der Waals surface area contributed by atoms with E-state index in [2.05, 4.69) is 28.6 Å². The Morgan fingerprint density at radius 1 is 1.27 bits per heavy atom. The summed E-state index contributed by atoms with van der Waals surface area (Å²) >= 11 is 0. The number of nitrogens with two attached hydrogens (primary N) is 1. The molecule has 7 heteroatoms. The van der Waals surface area contributed by atoms with E-state index in [9.17, 15) is 4.79 Å². The van der Waals surface area contributed by atoms with E-state index in [-0.39, 0.29) is 24.4 Å². The van der Waals surface area contributed by atoms with Crippen LogP contribution in [0.4, 0.5) is 0 Å². The summed E-state index contributed by atoms with van der Waals surface area (Å²) in [6.45, 7) is 7.52. The monoisotopic (exact) mass is 377 g/mol. The maximum atomic E-state index is 12.9. The number of aromatic nitrogens is 3. The van der Waals surface area contributed by atoms with Gasteiger partial charge in [0.1, 0.15) is 5.82 Å². The van der Waals surface area contributed by atoms with Crippen molar-refractivity contribution in [3.8, 4) is 0 Å². The zero-order chi connectivity index (χ0) is 18.0. The van der Waals surface area contributed by atoms with E-state index in [0.29, 0.717) is 25.4 Å². The second kappa shape index (κ2) is 8.64. The molecule has 2 N–H and O–H groups in total. The fraction of sp³-hybridized carbons (Fsp3) is 0.526. The maximum absolute atomic E-state index is 12.9. The van der Waals surface area contributed by atoms with Crippen molar-refractivity contribution < 1.29 is 4.79 Å². The molecule has 0 saturated carbocycles. The lowest BCUT2D eigenvalue weighted by Crippen LogP contribution is -2.49. The van der Waals surface area contributed by atoms with Crippen molar-refractivity contribution in [1.29, 1.82) is 0 Å². The van der Waals surface area contributed by atoms with Crippen molar-refractivity contribution >= 4 is 18.3 Å². The first-order chi connectivity index (χ1) is 12.0. The Balaban J connectivity index is 0.00000243. The average Bonchev–Trinajstić information content (AvgIpc) is 2.96. The van der Waals surface area contributed by atoms with Gasteiger partial charge in [0.05, 0.1) is 18.6 Å². The SMILES string of the molecule is Cc1nnc2n1[C@@H](CC(C)C)CN(C(=O)[C@H](N)Cc1ccccc1)C2.Cl. The zero-order valence-electron chi connectivity index (χ0n) is 15.6. The Labute approximate surface area is 161 Å². The summed E-state index contributed by atoms with van der Waals surface area (Å²) in [6.07, 6.45) is 1.54. The van der Waals surface area contributed by atoms with Crippen molar-refractivity contribution in [3.63, 3.8) is 0 Å². The Morgan fingerprint density at radius 2 is 1.96 bits per heavy atom. The fourth-order valence-corrected chi connectivity index (χ4v) is 3.65. The van der Waals surface area contributed by atoms with Gasteiger partial charge in [0.25, 0.3) is 0 Å². The quantitative estimate of drug-likeness (QED) is 0.868. The van der Waals surface area contributed by atoms with Gasteiger partial charge in [0, 0.05) is 6.54 Å². The molecule has 1 aromatic heterocycles. The zero-order valence-corrected chi connectivity index (χ0v) is 16.4. The topological polar surface area (TPSA) is 77.0 Å². The van der Waals surface area contributed by atoms with Crippen LogP contribution in [0.1, 0.15) is 43.5 Å². The number of benzene rings is 1. The molecule has 6 nitrogen and oxygen atoms in total. The van der Waals surface area contributed by atoms with Crippen molar-refractivity contribution in [2.24, 2.45) is 11.7 Å². The van der Waals surface area contributed by atoms with E-state index in [1.807, 2.05) is 42.2 Å². The molecule has 142 valence electrons. The predicted molar refractivity (Wildman–Crippen MR) is 104 cm³/mol. The second-order valence-electron chi connectivity index (χ2n) is 7.33. The van der Waals surface area contributed by atoms with E-state index in [0.717, 1.165) is 23.6 Å². The van der Waals surface area contributed by atoms with E-state index in [4.69, 9.17) is 5.73 Å². The summed E-state index contributed by atoms with van der Waals surface area (Å²) in [4.78, 5) is 14.7. The standard InChI is InChI=1S/C19H27N5O.ClH/c1-13(2)9-16-11-23(12-18-22-21-14(3)24(16)18)19(25)17(20)10-15-7-5-4-6-8-15;/h4-8,13,16-17H,9-12,20H2,1-3H3;1H/t16-,17+;/m0./s1. The number of nitrogens with zero attached hydrogens (tertiary/aromatic N) is 4. The summed E-state index contributed by atoms with van der Waals surface area (Å²) in [7, 11) is 0. The van der Waals surface area contributed by atoms with Crippen LogP contribution in [-0.4, -0.2) is 38.2 Å². The number of halogens is 1. The number of aryl methyl sites for hydroxylation is 1. The highest BCUT2D eigenvalue weighted by molar-refractivity contribution is 5.85. The summed E-state index contributed by atoms with van der Waals surface area (Å²) in [5, 5.41) is 8.47. The van der Waals surface area contributed by atoms with Crippen LogP contribution in [0.3, 0.4) is 0 Å². The van der Waals surface area contributed by atoms with Gasteiger partial charge >= 0.3 is 0 Å². The third-order valence-electron chi connectivity index (χ3n) is 4.74. The Kier molecular flexibility index (Phi) is 6.78. The highest BCUT2D eigenvalue weighted by atomic mass is 35.5. The molecule has 0 radical (unpaired) electrons. The molecule has 1 amide bonds. The number of hydrogen-bond donors (Lipinski definition) is 1. The predicted octanol–water partition coefficient (Wildman–Crippen LogP) is 2.51. The molecule has 0 spiro atoms. The molecular formula is C19H28ClN5O. The van der Waals surface area contributed by atoms with Gasteiger partial charge < -0.3 is 15.2 Å². The van der Waals surface area contributed by atoms with Crippen LogP contribution in [0.25, 0.3) is 0 Å². The third kappa shape index (κ3) is 4.43. The van der Waals surface area contributed by atoms with Gasteiger partial charge in [-0.3, -0.25) is 4.79 Å². The van der Waals surface area contributed by atoms with Crippen LogP contribution in [0.5, 0.6) is 0 Å². The first-order valence-electron chi connectivity index (χ1n) is 8.94. The molecule has 0 bridgehead atoms. The van der Waals surface area contributed by atoms with E-state index >= 15 is 0 Å². The molecule has 0 fully saturated rings. The minimum Gasteiger partial charge on any atom is -0.332 e. The summed E-state index contributed by atoms with van der Waals surface area (Å²) in [5.74, 6) is 2.30. The van der Waals surface area contributed by atoms with Crippen molar-refractivity contribution in [1.82, 2.24) is 19.7 Å². The minimum atomic E-state index is -0.530. The summed E-state index contributed by atoms with van der Waals surface area (Å²) < 4.78 is 2.19. The maximum Gasteiger partial charge on any atom is 0.240 e. The van der Waals surface area contributed by atoms with Crippen molar-refractivity contribution in [2.45, 2.75) is 52.2 Å². The third-order valence-corrected chi connectivity index (χ3v) is 4.74. The lowest BCUT2D eigenvalue weighted by Gasteiger charge is -2.36. The average molecular weight is 378 g/mol. The van der Waals surface area contributed by atoms with Crippen LogP contribution in [0, 0.1) is 12.8 Å². The second-order valence-corrected chi connectivity index (χ2v) is 7.33. The molecule has 0 saturated heterocycles. The molecule has 1 aliphatic heterocycles. The van der Waals surface area contributed by atoms with Gasteiger partial charge in [-0.1, -0.05) is 44.2 Å². The Hall–Kier alpha value is -1.92. The van der Waals surface area contributed by atoms with E-state index in [1.165, 1.54) is 0 Å². The molecule has 2 atom stereocenters. The molecular weight excluding hydrogens is 350 g/mol. The molecule has 3 rings (SSSR count). The molecule has 26 heavy (non-hydrogen) atoms. The molecule has 2 aromatic rings. The van der Waals surface area contributed by atoms with Gasteiger partial charge in [-0.05, 0) is 31.2 Å². The van der Waals surface area contributed by atoms with E-state index < -0.39 is 6.04 Å². The molecule has 1 aliphatic rings. The first kappa shape index (κ1) is 20.4. The van der Waals surface area contributed by atoms with Crippen molar-refractivity contribution in [3.05, 3.63) is 47.5 Å². The molecule has 1 aromatic carbocycles. The highest BCUT2D eigenvalue weighted by Crippen LogP contribution is 2.27. The van der Waals surface area contributed by atoms with Crippen LogP contribution >= 0.6 is 12.4 Å².